The molecule has 7 nitrogen and oxygen atoms in total. The second-order valence-corrected chi connectivity index (χ2v) is 7.09. The van der Waals surface area contributed by atoms with E-state index in [0.29, 0.717) is 18.2 Å². The molecule has 2 aromatic rings. The number of hydrogen-bond acceptors (Lipinski definition) is 5. The van der Waals surface area contributed by atoms with Gasteiger partial charge in [0.1, 0.15) is 11.6 Å². The second-order valence-electron chi connectivity index (χ2n) is 5.32. The Morgan fingerprint density at radius 2 is 1.88 bits per heavy atom. The molecular weight excluding hydrogens is 342 g/mol. The maximum atomic E-state index is 12.2. The Morgan fingerprint density at radius 3 is 2.48 bits per heavy atom. The number of aromatic nitrogens is 1. The summed E-state index contributed by atoms with van der Waals surface area (Å²) in [5, 5.41) is 2.62. The lowest BCUT2D eigenvalue weighted by Crippen LogP contribution is -2.28. The van der Waals surface area contributed by atoms with Gasteiger partial charge in [-0.3, -0.25) is 4.79 Å². The van der Waals surface area contributed by atoms with Gasteiger partial charge in [0, 0.05) is 19.2 Å². The number of pyridine rings is 1. The zero-order chi connectivity index (χ0) is 18.3. The molecular formula is C17H21N3O4S. The Hall–Kier alpha value is -2.45. The van der Waals surface area contributed by atoms with Crippen molar-refractivity contribution in [3.63, 3.8) is 0 Å². The molecule has 0 saturated carbocycles. The number of sulfonamides is 1. The normalized spacial score (nSPS) is 11.1. The van der Waals surface area contributed by atoms with E-state index in [-0.39, 0.29) is 23.8 Å². The number of carbonyl (C=O) groups excluding carboxylic acids is 1. The van der Waals surface area contributed by atoms with Crippen LogP contribution in [0.2, 0.25) is 0 Å². The summed E-state index contributed by atoms with van der Waals surface area (Å²) >= 11 is 0. The highest BCUT2D eigenvalue weighted by Crippen LogP contribution is 2.15. The number of amides is 1. The van der Waals surface area contributed by atoms with Gasteiger partial charge in [-0.2, -0.15) is 0 Å². The highest BCUT2D eigenvalue weighted by Gasteiger charge is 2.14. The van der Waals surface area contributed by atoms with E-state index in [9.17, 15) is 13.2 Å². The van der Waals surface area contributed by atoms with Crippen molar-refractivity contribution in [2.24, 2.45) is 0 Å². The molecule has 0 aliphatic rings. The number of nitrogens with one attached hydrogen (secondary N) is 2. The molecule has 1 heterocycles. The number of aryl methyl sites for hydroxylation is 1. The maximum Gasteiger partial charge on any atom is 0.240 e. The third-order valence-corrected chi connectivity index (χ3v) is 4.74. The summed E-state index contributed by atoms with van der Waals surface area (Å²) in [6.07, 6.45) is 1.65. The Kier molecular flexibility index (Phi) is 6.49. The lowest BCUT2D eigenvalue weighted by molar-refractivity contribution is -0.116. The number of benzene rings is 1. The van der Waals surface area contributed by atoms with E-state index in [2.05, 4.69) is 15.0 Å². The molecule has 8 heteroatoms. The van der Waals surface area contributed by atoms with Gasteiger partial charge in [-0.05, 0) is 49.7 Å². The van der Waals surface area contributed by atoms with Crippen LogP contribution in [0.25, 0.3) is 0 Å². The van der Waals surface area contributed by atoms with Gasteiger partial charge in [0.25, 0.3) is 0 Å². The number of carbonyl (C=O) groups is 1. The van der Waals surface area contributed by atoms with Gasteiger partial charge in [0.15, 0.2) is 0 Å². The van der Waals surface area contributed by atoms with Crippen LogP contribution in [-0.2, 0) is 14.8 Å². The van der Waals surface area contributed by atoms with Crippen LogP contribution in [-0.4, -0.2) is 32.5 Å². The third kappa shape index (κ3) is 5.84. The van der Waals surface area contributed by atoms with Crippen LogP contribution in [0.1, 0.15) is 18.9 Å². The number of nitrogens with zero attached hydrogens (tertiary/aromatic N) is 1. The molecule has 0 unspecified atom stereocenters. The Morgan fingerprint density at radius 1 is 1.16 bits per heavy atom. The number of ether oxygens (including phenoxy) is 1. The van der Waals surface area contributed by atoms with Crippen LogP contribution >= 0.6 is 0 Å². The number of hydrogen-bond donors (Lipinski definition) is 2. The number of rotatable bonds is 8. The molecule has 0 saturated heterocycles. The lowest BCUT2D eigenvalue weighted by atomic mass is 10.3. The zero-order valence-electron chi connectivity index (χ0n) is 14.2. The van der Waals surface area contributed by atoms with E-state index in [4.69, 9.17) is 4.74 Å². The van der Waals surface area contributed by atoms with Gasteiger partial charge in [-0.25, -0.2) is 18.1 Å². The highest BCUT2D eigenvalue weighted by molar-refractivity contribution is 7.89. The average molecular weight is 363 g/mol. The van der Waals surface area contributed by atoms with Gasteiger partial charge < -0.3 is 10.1 Å². The Bertz CT molecular complexity index is 803. The SMILES string of the molecule is CCOc1ccc(S(=O)(=O)NCCC(=O)Nc2ccc(C)cn2)cc1. The molecule has 0 radical (unpaired) electrons. The molecule has 25 heavy (non-hydrogen) atoms. The minimum Gasteiger partial charge on any atom is -0.494 e. The van der Waals surface area contributed by atoms with Crippen molar-refractivity contribution in [1.29, 1.82) is 0 Å². The molecule has 1 aromatic carbocycles. The monoisotopic (exact) mass is 363 g/mol. The van der Waals surface area contributed by atoms with E-state index in [1.807, 2.05) is 19.9 Å². The maximum absolute atomic E-state index is 12.2. The van der Waals surface area contributed by atoms with Gasteiger partial charge >= 0.3 is 0 Å². The van der Waals surface area contributed by atoms with Crippen molar-refractivity contribution >= 4 is 21.7 Å². The van der Waals surface area contributed by atoms with Gasteiger partial charge in [-0.1, -0.05) is 6.07 Å². The van der Waals surface area contributed by atoms with Crippen molar-refractivity contribution < 1.29 is 17.9 Å². The molecule has 0 bridgehead atoms. The topological polar surface area (TPSA) is 97.4 Å². The summed E-state index contributed by atoms with van der Waals surface area (Å²) in [6.45, 7) is 4.25. The molecule has 134 valence electrons. The summed E-state index contributed by atoms with van der Waals surface area (Å²) in [4.78, 5) is 16.0. The largest absolute Gasteiger partial charge is 0.494 e. The zero-order valence-corrected chi connectivity index (χ0v) is 15.0. The van der Waals surface area contributed by atoms with Crippen molar-refractivity contribution in [3.8, 4) is 5.75 Å². The summed E-state index contributed by atoms with van der Waals surface area (Å²) < 4.78 is 32.0. The predicted molar refractivity (Wildman–Crippen MR) is 95.0 cm³/mol. The van der Waals surface area contributed by atoms with Crippen LogP contribution in [0.15, 0.2) is 47.5 Å². The first kappa shape index (κ1) is 18.9. The second kappa shape index (κ2) is 8.59. The third-order valence-electron chi connectivity index (χ3n) is 3.27. The van der Waals surface area contributed by atoms with E-state index < -0.39 is 10.0 Å². The van der Waals surface area contributed by atoms with Gasteiger partial charge in [-0.15, -0.1) is 0 Å². The fourth-order valence-electron chi connectivity index (χ4n) is 2.01. The van der Waals surface area contributed by atoms with Crippen molar-refractivity contribution in [2.45, 2.75) is 25.2 Å². The first-order chi connectivity index (χ1) is 11.9. The highest BCUT2D eigenvalue weighted by atomic mass is 32.2. The minimum absolute atomic E-state index is 0.00577. The quantitative estimate of drug-likeness (QED) is 0.748. The van der Waals surface area contributed by atoms with Gasteiger partial charge in [0.2, 0.25) is 15.9 Å². The van der Waals surface area contributed by atoms with Crippen LogP contribution in [0, 0.1) is 6.92 Å². The van der Waals surface area contributed by atoms with Crippen molar-refractivity contribution in [1.82, 2.24) is 9.71 Å². The molecule has 2 N–H and O–H groups in total. The summed E-state index contributed by atoms with van der Waals surface area (Å²) in [7, 11) is -3.67. The molecule has 0 atom stereocenters. The number of anilines is 1. The van der Waals surface area contributed by atoms with Crippen LogP contribution in [0.4, 0.5) is 5.82 Å². The van der Waals surface area contributed by atoms with Crippen molar-refractivity contribution in [3.05, 3.63) is 48.2 Å². The van der Waals surface area contributed by atoms with Crippen LogP contribution in [0.5, 0.6) is 5.75 Å². The Balaban J connectivity index is 1.84. The standard InChI is InChI=1S/C17H21N3O4S/c1-3-24-14-5-7-15(8-6-14)25(22,23)19-11-10-17(21)20-16-9-4-13(2)12-18-16/h4-9,12,19H,3,10-11H2,1-2H3,(H,18,20,21). The van der Waals surface area contributed by atoms with E-state index >= 15 is 0 Å². The van der Waals surface area contributed by atoms with Crippen LogP contribution < -0.4 is 14.8 Å². The molecule has 0 aliphatic carbocycles. The van der Waals surface area contributed by atoms with Crippen LogP contribution in [0.3, 0.4) is 0 Å². The van der Waals surface area contributed by atoms with E-state index in [1.54, 1.807) is 24.4 Å². The fourth-order valence-corrected chi connectivity index (χ4v) is 3.04. The molecule has 0 aliphatic heterocycles. The summed E-state index contributed by atoms with van der Waals surface area (Å²) in [5.74, 6) is 0.724. The lowest BCUT2D eigenvalue weighted by Gasteiger charge is -2.08. The first-order valence-electron chi connectivity index (χ1n) is 7.86. The predicted octanol–water partition coefficient (Wildman–Crippen LogP) is 2.10. The Labute approximate surface area is 147 Å². The van der Waals surface area contributed by atoms with E-state index in [0.717, 1.165) is 5.56 Å². The smallest absolute Gasteiger partial charge is 0.240 e. The molecule has 0 spiro atoms. The van der Waals surface area contributed by atoms with Crippen molar-refractivity contribution in [2.75, 3.05) is 18.5 Å². The molecule has 2 rings (SSSR count). The first-order valence-corrected chi connectivity index (χ1v) is 9.34. The average Bonchev–Trinajstić information content (AvgIpc) is 2.57. The summed E-state index contributed by atoms with van der Waals surface area (Å²) in [6, 6.07) is 9.63. The minimum atomic E-state index is -3.67. The van der Waals surface area contributed by atoms with Gasteiger partial charge in [0.05, 0.1) is 11.5 Å². The fraction of sp³-hybridized carbons (Fsp3) is 0.294. The van der Waals surface area contributed by atoms with E-state index in [1.165, 1.54) is 12.1 Å². The summed E-state index contributed by atoms with van der Waals surface area (Å²) in [5.41, 5.74) is 0.987. The molecule has 0 fully saturated rings. The molecule has 1 aromatic heterocycles. The molecule has 1 amide bonds.